The molecule has 3 unspecified atom stereocenters. The standard InChI is InChI=1S/C13H26N2O/c1-4-11(3)12(16)15-13(9-14)7-5-6-10(2)8-13/h10-11H,4-9,14H2,1-3H3,(H,15,16). The first-order valence-electron chi connectivity index (χ1n) is 6.55. The second kappa shape index (κ2) is 5.67. The average Bonchev–Trinajstić information content (AvgIpc) is 2.27. The molecular formula is C13H26N2O. The monoisotopic (exact) mass is 226 g/mol. The molecule has 0 bridgehead atoms. The molecule has 1 aliphatic rings. The van der Waals surface area contributed by atoms with Gasteiger partial charge in [0.1, 0.15) is 0 Å². The predicted octanol–water partition coefficient (Wildman–Crippen LogP) is 2.06. The summed E-state index contributed by atoms with van der Waals surface area (Å²) in [5.41, 5.74) is 5.75. The van der Waals surface area contributed by atoms with E-state index in [0.29, 0.717) is 12.5 Å². The number of hydrogen-bond acceptors (Lipinski definition) is 2. The lowest BCUT2D eigenvalue weighted by molar-refractivity contribution is -0.127. The number of nitrogens with one attached hydrogen (secondary N) is 1. The maximum Gasteiger partial charge on any atom is 0.223 e. The lowest BCUT2D eigenvalue weighted by Crippen LogP contribution is -2.57. The molecule has 94 valence electrons. The van der Waals surface area contributed by atoms with Gasteiger partial charge in [-0.05, 0) is 25.2 Å². The maximum atomic E-state index is 11.9. The van der Waals surface area contributed by atoms with Crippen LogP contribution >= 0.6 is 0 Å². The highest BCUT2D eigenvalue weighted by Crippen LogP contribution is 2.31. The van der Waals surface area contributed by atoms with E-state index in [1.165, 1.54) is 12.8 Å². The second-order valence-corrected chi connectivity index (χ2v) is 5.48. The summed E-state index contributed by atoms with van der Waals surface area (Å²) < 4.78 is 0. The number of carbonyl (C=O) groups is 1. The quantitative estimate of drug-likeness (QED) is 0.771. The van der Waals surface area contributed by atoms with Crippen LogP contribution in [0, 0.1) is 11.8 Å². The molecule has 3 nitrogen and oxygen atoms in total. The molecule has 1 fully saturated rings. The van der Waals surface area contributed by atoms with Gasteiger partial charge < -0.3 is 11.1 Å². The molecule has 0 spiro atoms. The van der Waals surface area contributed by atoms with Crippen LogP contribution in [0.15, 0.2) is 0 Å². The van der Waals surface area contributed by atoms with E-state index in [1.54, 1.807) is 0 Å². The Hall–Kier alpha value is -0.570. The SMILES string of the molecule is CCC(C)C(=O)NC1(CN)CCCC(C)C1. The van der Waals surface area contributed by atoms with Gasteiger partial charge in [-0.1, -0.05) is 33.6 Å². The van der Waals surface area contributed by atoms with Gasteiger partial charge in [-0.3, -0.25) is 4.79 Å². The van der Waals surface area contributed by atoms with E-state index in [-0.39, 0.29) is 17.4 Å². The van der Waals surface area contributed by atoms with Crippen molar-refractivity contribution in [2.24, 2.45) is 17.6 Å². The van der Waals surface area contributed by atoms with E-state index in [2.05, 4.69) is 12.2 Å². The number of nitrogens with two attached hydrogens (primary N) is 1. The van der Waals surface area contributed by atoms with Crippen LogP contribution < -0.4 is 11.1 Å². The van der Waals surface area contributed by atoms with Crippen molar-refractivity contribution in [3.8, 4) is 0 Å². The summed E-state index contributed by atoms with van der Waals surface area (Å²) in [7, 11) is 0. The van der Waals surface area contributed by atoms with Crippen LogP contribution in [0.2, 0.25) is 0 Å². The highest BCUT2D eigenvalue weighted by Gasteiger charge is 2.35. The van der Waals surface area contributed by atoms with Crippen molar-refractivity contribution < 1.29 is 4.79 Å². The lowest BCUT2D eigenvalue weighted by atomic mass is 9.76. The highest BCUT2D eigenvalue weighted by molar-refractivity contribution is 5.79. The molecule has 0 aliphatic heterocycles. The first kappa shape index (κ1) is 13.5. The minimum absolute atomic E-state index is 0.0978. The van der Waals surface area contributed by atoms with Crippen LogP contribution in [0.3, 0.4) is 0 Å². The molecule has 1 rings (SSSR count). The van der Waals surface area contributed by atoms with Crippen molar-refractivity contribution in [2.75, 3.05) is 6.54 Å². The van der Waals surface area contributed by atoms with E-state index in [9.17, 15) is 4.79 Å². The molecule has 3 atom stereocenters. The molecule has 1 amide bonds. The lowest BCUT2D eigenvalue weighted by Gasteiger charge is -2.40. The highest BCUT2D eigenvalue weighted by atomic mass is 16.2. The van der Waals surface area contributed by atoms with Crippen LogP contribution in [-0.4, -0.2) is 18.0 Å². The van der Waals surface area contributed by atoms with Crippen molar-refractivity contribution in [2.45, 2.75) is 58.4 Å². The summed E-state index contributed by atoms with van der Waals surface area (Å²) in [5, 5.41) is 3.20. The minimum atomic E-state index is -0.127. The van der Waals surface area contributed by atoms with Gasteiger partial charge in [0.25, 0.3) is 0 Å². The summed E-state index contributed by atoms with van der Waals surface area (Å²) in [6, 6.07) is 0. The van der Waals surface area contributed by atoms with Gasteiger partial charge in [0.15, 0.2) is 0 Å². The van der Waals surface area contributed by atoms with Crippen molar-refractivity contribution in [3.05, 3.63) is 0 Å². The van der Waals surface area contributed by atoms with Gasteiger partial charge in [0, 0.05) is 12.5 Å². The van der Waals surface area contributed by atoms with E-state index in [0.717, 1.165) is 19.3 Å². The van der Waals surface area contributed by atoms with Crippen molar-refractivity contribution in [1.29, 1.82) is 0 Å². The first-order chi connectivity index (χ1) is 7.53. The summed E-state index contributed by atoms with van der Waals surface area (Å²) in [6.45, 7) is 6.84. The Labute approximate surface area is 99.2 Å². The number of carbonyl (C=O) groups excluding carboxylic acids is 1. The van der Waals surface area contributed by atoms with Gasteiger partial charge in [0.05, 0.1) is 5.54 Å². The Morgan fingerprint density at radius 3 is 2.81 bits per heavy atom. The zero-order valence-electron chi connectivity index (χ0n) is 10.9. The molecule has 0 saturated heterocycles. The summed E-state index contributed by atoms with van der Waals surface area (Å²) in [5.74, 6) is 0.942. The molecule has 0 aromatic carbocycles. The zero-order chi connectivity index (χ0) is 12.2. The summed E-state index contributed by atoms with van der Waals surface area (Å²) in [6.07, 6.45) is 5.41. The Bertz CT molecular complexity index is 242. The summed E-state index contributed by atoms with van der Waals surface area (Å²) in [4.78, 5) is 11.9. The van der Waals surface area contributed by atoms with Crippen molar-refractivity contribution >= 4 is 5.91 Å². The Kier molecular flexibility index (Phi) is 4.78. The van der Waals surface area contributed by atoms with Crippen LogP contribution in [0.4, 0.5) is 0 Å². The Morgan fingerprint density at radius 2 is 2.31 bits per heavy atom. The third-order valence-corrected chi connectivity index (χ3v) is 3.93. The van der Waals surface area contributed by atoms with Crippen molar-refractivity contribution in [3.63, 3.8) is 0 Å². The molecule has 0 heterocycles. The van der Waals surface area contributed by atoms with Crippen LogP contribution in [0.1, 0.15) is 52.9 Å². The fraction of sp³-hybridized carbons (Fsp3) is 0.923. The van der Waals surface area contributed by atoms with Gasteiger partial charge in [-0.25, -0.2) is 0 Å². The zero-order valence-corrected chi connectivity index (χ0v) is 10.9. The molecule has 0 aromatic heterocycles. The van der Waals surface area contributed by atoms with Crippen molar-refractivity contribution in [1.82, 2.24) is 5.32 Å². The Balaban J connectivity index is 2.62. The predicted molar refractivity (Wildman–Crippen MR) is 67.0 cm³/mol. The third kappa shape index (κ3) is 3.21. The van der Waals surface area contributed by atoms with E-state index in [1.807, 2.05) is 13.8 Å². The number of amides is 1. The third-order valence-electron chi connectivity index (χ3n) is 3.93. The maximum absolute atomic E-state index is 11.9. The Morgan fingerprint density at radius 1 is 1.62 bits per heavy atom. The molecule has 0 radical (unpaired) electrons. The number of rotatable bonds is 4. The van der Waals surface area contributed by atoms with Gasteiger partial charge in [-0.15, -0.1) is 0 Å². The fourth-order valence-corrected chi connectivity index (χ4v) is 2.58. The molecule has 3 heteroatoms. The number of hydrogen-bond donors (Lipinski definition) is 2. The van der Waals surface area contributed by atoms with Crippen LogP contribution in [0.5, 0.6) is 0 Å². The smallest absolute Gasteiger partial charge is 0.223 e. The molecule has 0 aromatic rings. The largest absolute Gasteiger partial charge is 0.349 e. The van der Waals surface area contributed by atoms with Gasteiger partial charge in [0.2, 0.25) is 5.91 Å². The second-order valence-electron chi connectivity index (χ2n) is 5.48. The van der Waals surface area contributed by atoms with E-state index in [4.69, 9.17) is 5.73 Å². The van der Waals surface area contributed by atoms with Crippen LogP contribution in [0.25, 0.3) is 0 Å². The summed E-state index contributed by atoms with van der Waals surface area (Å²) >= 11 is 0. The minimum Gasteiger partial charge on any atom is -0.349 e. The van der Waals surface area contributed by atoms with Crippen LogP contribution in [-0.2, 0) is 4.79 Å². The molecule has 3 N–H and O–H groups in total. The topological polar surface area (TPSA) is 55.1 Å². The molecular weight excluding hydrogens is 200 g/mol. The molecule has 16 heavy (non-hydrogen) atoms. The normalized spacial score (nSPS) is 32.1. The molecule has 1 aliphatic carbocycles. The molecule has 1 saturated carbocycles. The fourth-order valence-electron chi connectivity index (χ4n) is 2.58. The van der Waals surface area contributed by atoms with E-state index < -0.39 is 0 Å². The van der Waals surface area contributed by atoms with Gasteiger partial charge in [-0.2, -0.15) is 0 Å². The average molecular weight is 226 g/mol. The van der Waals surface area contributed by atoms with Gasteiger partial charge >= 0.3 is 0 Å². The first-order valence-corrected chi connectivity index (χ1v) is 6.55. The van der Waals surface area contributed by atoms with E-state index >= 15 is 0 Å².